The van der Waals surface area contributed by atoms with Gasteiger partial charge >= 0.3 is 5.97 Å². The van der Waals surface area contributed by atoms with Gasteiger partial charge in [-0.05, 0) is 44.2 Å². The summed E-state index contributed by atoms with van der Waals surface area (Å²) in [5, 5.41) is 0.779. The first kappa shape index (κ1) is 19.6. The molecule has 0 aliphatic carbocycles. The van der Waals surface area contributed by atoms with Crippen molar-refractivity contribution in [3.63, 3.8) is 0 Å². The van der Waals surface area contributed by atoms with Crippen molar-refractivity contribution in [2.75, 3.05) is 6.61 Å². The maximum atomic E-state index is 13.6. The fraction of sp³-hybridized carbons (Fsp3) is 0.167. The Morgan fingerprint density at radius 2 is 1.77 bits per heavy atom. The third-order valence-corrected chi connectivity index (χ3v) is 5.25. The van der Waals surface area contributed by atoms with Crippen LogP contribution in [-0.2, 0) is 11.8 Å². The summed E-state index contributed by atoms with van der Waals surface area (Å²) in [6, 6.07) is 15.4. The molecule has 0 amide bonds. The second kappa shape index (κ2) is 7.63. The number of para-hydroxylation sites is 1. The van der Waals surface area contributed by atoms with E-state index in [1.165, 1.54) is 12.1 Å². The number of benzene rings is 2. The molecule has 6 heteroatoms. The molecule has 4 rings (SSSR count). The minimum absolute atomic E-state index is 0.306. The minimum Gasteiger partial charge on any atom is -0.454 e. The van der Waals surface area contributed by atoms with Gasteiger partial charge in [-0.25, -0.2) is 9.18 Å². The lowest BCUT2D eigenvalue weighted by Gasteiger charge is -2.10. The summed E-state index contributed by atoms with van der Waals surface area (Å²) in [4.78, 5) is 25.4. The molecule has 0 N–H and O–H groups in total. The molecule has 30 heavy (non-hydrogen) atoms. The van der Waals surface area contributed by atoms with Gasteiger partial charge in [0.2, 0.25) is 5.78 Å². The number of aromatic nitrogens is 2. The zero-order valence-electron chi connectivity index (χ0n) is 17.0. The Kier molecular flexibility index (Phi) is 4.99. The van der Waals surface area contributed by atoms with Crippen molar-refractivity contribution in [3.05, 3.63) is 89.1 Å². The number of esters is 1. The molecule has 0 unspecified atom stereocenters. The van der Waals surface area contributed by atoms with Crippen LogP contribution in [0.15, 0.2) is 60.8 Å². The van der Waals surface area contributed by atoms with Crippen LogP contribution in [0.3, 0.4) is 0 Å². The molecule has 0 fully saturated rings. The number of carbonyl (C=O) groups excluding carboxylic acids is 2. The summed E-state index contributed by atoms with van der Waals surface area (Å²) in [6.07, 6.45) is 1.70. The van der Waals surface area contributed by atoms with Crippen molar-refractivity contribution in [1.29, 1.82) is 0 Å². The lowest BCUT2D eigenvalue weighted by molar-refractivity contribution is 0.0476. The molecule has 2 aromatic carbocycles. The third-order valence-electron chi connectivity index (χ3n) is 5.25. The summed E-state index contributed by atoms with van der Waals surface area (Å²) < 4.78 is 22.6. The van der Waals surface area contributed by atoms with Crippen LogP contribution in [-0.4, -0.2) is 27.5 Å². The SMILES string of the molecule is Cc1cc(C(=O)COC(=O)c2cn(C)c3ccccc23)c(C)n1-c1cccc(F)c1. The zero-order chi connectivity index (χ0) is 21.4. The molecule has 0 aliphatic heterocycles. The fourth-order valence-electron chi connectivity index (χ4n) is 3.85. The van der Waals surface area contributed by atoms with Crippen molar-refractivity contribution in [3.8, 4) is 5.69 Å². The number of ketones is 1. The molecule has 0 aliphatic rings. The van der Waals surface area contributed by atoms with Crippen molar-refractivity contribution >= 4 is 22.7 Å². The maximum Gasteiger partial charge on any atom is 0.340 e. The highest BCUT2D eigenvalue weighted by Crippen LogP contribution is 2.23. The quantitative estimate of drug-likeness (QED) is 0.356. The summed E-state index contributed by atoms with van der Waals surface area (Å²) in [6.45, 7) is 3.27. The molecule has 4 aromatic rings. The zero-order valence-corrected chi connectivity index (χ0v) is 17.0. The Balaban J connectivity index is 1.55. The monoisotopic (exact) mass is 404 g/mol. The Morgan fingerprint density at radius 1 is 1.00 bits per heavy atom. The Bertz CT molecular complexity index is 1280. The van der Waals surface area contributed by atoms with E-state index in [0.717, 1.165) is 16.6 Å². The average molecular weight is 404 g/mol. The van der Waals surface area contributed by atoms with Crippen LogP contribution in [0.1, 0.15) is 32.1 Å². The highest BCUT2D eigenvalue weighted by Gasteiger charge is 2.20. The molecule has 0 spiro atoms. The molecule has 0 radical (unpaired) electrons. The van der Waals surface area contributed by atoms with Crippen molar-refractivity contribution < 1.29 is 18.7 Å². The van der Waals surface area contributed by atoms with E-state index in [4.69, 9.17) is 4.74 Å². The molecule has 0 bridgehead atoms. The van der Waals surface area contributed by atoms with Crippen LogP contribution in [0, 0.1) is 19.7 Å². The van der Waals surface area contributed by atoms with Gasteiger partial charge in [-0.15, -0.1) is 0 Å². The average Bonchev–Trinajstić information content (AvgIpc) is 3.22. The van der Waals surface area contributed by atoms with Crippen LogP contribution in [0.2, 0.25) is 0 Å². The highest BCUT2D eigenvalue weighted by atomic mass is 19.1. The molecule has 0 atom stereocenters. The molecule has 5 nitrogen and oxygen atoms in total. The largest absolute Gasteiger partial charge is 0.454 e. The van der Waals surface area contributed by atoms with Crippen molar-refractivity contribution in [2.45, 2.75) is 13.8 Å². The van der Waals surface area contributed by atoms with Crippen LogP contribution >= 0.6 is 0 Å². The fourth-order valence-corrected chi connectivity index (χ4v) is 3.85. The second-order valence-corrected chi connectivity index (χ2v) is 7.27. The first-order chi connectivity index (χ1) is 14.4. The van der Waals surface area contributed by atoms with Gasteiger partial charge in [0.05, 0.1) is 5.56 Å². The van der Waals surface area contributed by atoms with E-state index in [2.05, 4.69) is 0 Å². The van der Waals surface area contributed by atoms with Crippen LogP contribution in [0.25, 0.3) is 16.6 Å². The van der Waals surface area contributed by atoms with Crippen molar-refractivity contribution in [2.24, 2.45) is 7.05 Å². The van der Waals surface area contributed by atoms with Gasteiger partial charge in [0, 0.05) is 46.8 Å². The molecule has 152 valence electrons. The highest BCUT2D eigenvalue weighted by molar-refractivity contribution is 6.06. The predicted octanol–water partition coefficient (Wildman–Crippen LogP) is 4.76. The van der Waals surface area contributed by atoms with Gasteiger partial charge in [0.25, 0.3) is 0 Å². The normalized spacial score (nSPS) is 11.1. The molecular formula is C24H21FN2O3. The molecule has 2 heterocycles. The van der Waals surface area contributed by atoms with Gasteiger partial charge in [0.15, 0.2) is 6.61 Å². The van der Waals surface area contributed by atoms with Gasteiger partial charge in [-0.2, -0.15) is 0 Å². The summed E-state index contributed by atoms with van der Waals surface area (Å²) in [5.41, 5.74) is 3.88. The number of Topliss-reactive ketones (excluding diaryl/α,β-unsaturated/α-hetero) is 1. The van der Waals surface area contributed by atoms with E-state index in [-0.39, 0.29) is 18.2 Å². The first-order valence-corrected chi connectivity index (χ1v) is 9.56. The minimum atomic E-state index is -0.543. The third kappa shape index (κ3) is 3.41. The number of carbonyl (C=O) groups is 2. The second-order valence-electron chi connectivity index (χ2n) is 7.27. The number of halogens is 1. The van der Waals surface area contributed by atoms with Gasteiger partial charge < -0.3 is 13.9 Å². The maximum absolute atomic E-state index is 13.6. The number of rotatable bonds is 5. The van der Waals surface area contributed by atoms with Gasteiger partial charge in [0.1, 0.15) is 5.82 Å². The van der Waals surface area contributed by atoms with Crippen molar-refractivity contribution in [1.82, 2.24) is 9.13 Å². The summed E-state index contributed by atoms with van der Waals surface area (Å²) in [5.74, 6) is -1.20. The lowest BCUT2D eigenvalue weighted by atomic mass is 10.1. The summed E-state index contributed by atoms with van der Waals surface area (Å²) >= 11 is 0. The smallest absolute Gasteiger partial charge is 0.340 e. The van der Waals surface area contributed by atoms with Gasteiger partial charge in [-0.3, -0.25) is 4.79 Å². The van der Waals surface area contributed by atoms with Crippen LogP contribution in [0.4, 0.5) is 4.39 Å². The Morgan fingerprint density at radius 3 is 2.53 bits per heavy atom. The topological polar surface area (TPSA) is 53.2 Å². The molecule has 0 saturated carbocycles. The molecule has 0 saturated heterocycles. The number of hydrogen-bond donors (Lipinski definition) is 0. The van der Waals surface area contributed by atoms with E-state index in [0.29, 0.717) is 22.5 Å². The Labute approximate surface area is 173 Å². The molecular weight excluding hydrogens is 383 g/mol. The predicted molar refractivity (Wildman–Crippen MR) is 113 cm³/mol. The number of ether oxygens (including phenoxy) is 1. The summed E-state index contributed by atoms with van der Waals surface area (Å²) in [7, 11) is 1.85. The van der Waals surface area contributed by atoms with Crippen LogP contribution in [0.5, 0.6) is 0 Å². The Hall–Kier alpha value is -3.67. The van der Waals surface area contributed by atoms with E-state index >= 15 is 0 Å². The molecule has 2 aromatic heterocycles. The first-order valence-electron chi connectivity index (χ1n) is 9.56. The van der Waals surface area contributed by atoms with Gasteiger partial charge in [-0.1, -0.05) is 24.3 Å². The van der Waals surface area contributed by atoms with E-state index in [9.17, 15) is 14.0 Å². The van der Waals surface area contributed by atoms with Crippen LogP contribution < -0.4 is 0 Å². The number of nitrogens with zero attached hydrogens (tertiary/aromatic N) is 2. The van der Waals surface area contributed by atoms with E-state index < -0.39 is 5.97 Å². The number of aryl methyl sites for hydroxylation is 2. The lowest BCUT2D eigenvalue weighted by Crippen LogP contribution is -2.15. The van der Waals surface area contributed by atoms with E-state index in [1.54, 1.807) is 31.3 Å². The van der Waals surface area contributed by atoms with E-state index in [1.807, 2.05) is 47.4 Å². The number of hydrogen-bond acceptors (Lipinski definition) is 3. The number of fused-ring (bicyclic) bond motifs is 1. The standard InChI is InChI=1S/C24H21FN2O3/c1-15-11-20(16(2)27(15)18-8-6-7-17(25)12-18)23(28)14-30-24(29)21-13-26(3)22-10-5-4-9-19(21)22/h4-13H,14H2,1-3H3.